The number of nitrogens with zero attached hydrogens (tertiary/aromatic N) is 2. The van der Waals surface area contributed by atoms with E-state index in [2.05, 4.69) is 47.1 Å². The van der Waals surface area contributed by atoms with Crippen LogP contribution in [0.5, 0.6) is 0 Å². The lowest BCUT2D eigenvalue weighted by Gasteiger charge is -2.23. The van der Waals surface area contributed by atoms with Crippen molar-refractivity contribution in [1.29, 1.82) is 0 Å². The second-order valence-electron chi connectivity index (χ2n) is 4.18. The molecule has 0 saturated carbocycles. The Kier molecular flexibility index (Phi) is 4.80. The van der Waals surface area contributed by atoms with Gasteiger partial charge in [-0.25, -0.2) is 0 Å². The van der Waals surface area contributed by atoms with Crippen molar-refractivity contribution >= 4 is 15.9 Å². The normalized spacial score (nSPS) is 13.5. The number of aromatic nitrogens is 2. The number of halogens is 1. The Labute approximate surface area is 100 Å². The number of aryl methyl sites for hydroxylation is 1. The second-order valence-corrected chi connectivity index (χ2v) is 5.03. The molecule has 1 aromatic heterocycles. The average molecular weight is 274 g/mol. The highest BCUT2D eigenvalue weighted by atomic mass is 79.9. The van der Waals surface area contributed by atoms with Gasteiger partial charge in [0.1, 0.15) is 0 Å². The molecule has 0 radical (unpaired) electrons. The summed E-state index contributed by atoms with van der Waals surface area (Å²) in [6.07, 6.45) is 3.01. The van der Waals surface area contributed by atoms with E-state index < -0.39 is 0 Å². The summed E-state index contributed by atoms with van der Waals surface area (Å²) in [6, 6.07) is 0.367. The molecule has 1 atom stereocenters. The molecular formula is C11H20BrN3. The lowest BCUT2D eigenvalue weighted by atomic mass is 10.0. The van der Waals surface area contributed by atoms with Crippen LogP contribution in [0.15, 0.2) is 10.7 Å². The summed E-state index contributed by atoms with van der Waals surface area (Å²) in [5.74, 6) is 0.559. The highest BCUT2D eigenvalue weighted by molar-refractivity contribution is 9.10. The predicted octanol–water partition coefficient (Wildman–Crippen LogP) is 2.88. The maximum Gasteiger partial charge on any atom is 0.0694 e. The molecule has 4 heteroatoms. The van der Waals surface area contributed by atoms with Crippen molar-refractivity contribution in [2.45, 2.75) is 33.2 Å². The fraction of sp³-hybridized carbons (Fsp3) is 0.727. The Balaban J connectivity index is 2.88. The molecule has 0 aliphatic carbocycles. The van der Waals surface area contributed by atoms with Crippen LogP contribution in [0.25, 0.3) is 0 Å². The van der Waals surface area contributed by atoms with Gasteiger partial charge in [0.05, 0.1) is 22.4 Å². The molecule has 0 saturated heterocycles. The number of hydrogen-bond donors (Lipinski definition) is 1. The molecule has 0 aliphatic heterocycles. The molecule has 1 heterocycles. The summed E-state index contributed by atoms with van der Waals surface area (Å²) < 4.78 is 3.03. The Morgan fingerprint density at radius 2 is 2.20 bits per heavy atom. The van der Waals surface area contributed by atoms with Crippen LogP contribution in [0.4, 0.5) is 0 Å². The average Bonchev–Trinajstić information content (AvgIpc) is 2.49. The molecule has 1 aromatic rings. The highest BCUT2D eigenvalue weighted by Gasteiger charge is 2.20. The topological polar surface area (TPSA) is 29.9 Å². The molecule has 0 amide bonds. The van der Waals surface area contributed by atoms with Gasteiger partial charge < -0.3 is 5.32 Å². The fourth-order valence-corrected chi connectivity index (χ4v) is 2.31. The third-order valence-electron chi connectivity index (χ3n) is 2.51. The lowest BCUT2D eigenvalue weighted by molar-refractivity contribution is 0.389. The third-order valence-corrected chi connectivity index (χ3v) is 3.12. The molecule has 0 spiro atoms. The minimum Gasteiger partial charge on any atom is -0.308 e. The van der Waals surface area contributed by atoms with Crippen molar-refractivity contribution in [3.63, 3.8) is 0 Å². The minimum absolute atomic E-state index is 0.367. The highest BCUT2D eigenvalue weighted by Crippen LogP contribution is 2.27. The second kappa shape index (κ2) is 5.66. The summed E-state index contributed by atoms with van der Waals surface area (Å²) in [5.41, 5.74) is 1.23. The van der Waals surface area contributed by atoms with Gasteiger partial charge in [-0.3, -0.25) is 4.68 Å². The van der Waals surface area contributed by atoms with Crippen LogP contribution in [0.2, 0.25) is 0 Å². The van der Waals surface area contributed by atoms with Crippen molar-refractivity contribution in [2.75, 3.05) is 6.54 Å². The van der Waals surface area contributed by atoms with E-state index in [9.17, 15) is 0 Å². The van der Waals surface area contributed by atoms with E-state index in [1.165, 1.54) is 5.69 Å². The maximum atomic E-state index is 4.26. The molecular weight excluding hydrogens is 254 g/mol. The van der Waals surface area contributed by atoms with Gasteiger partial charge in [-0.15, -0.1) is 0 Å². The van der Waals surface area contributed by atoms with Gasteiger partial charge in [-0.2, -0.15) is 5.10 Å². The zero-order valence-electron chi connectivity index (χ0n) is 9.92. The molecule has 15 heavy (non-hydrogen) atoms. The van der Waals surface area contributed by atoms with E-state index in [0.717, 1.165) is 17.4 Å². The number of hydrogen-bond acceptors (Lipinski definition) is 2. The largest absolute Gasteiger partial charge is 0.308 e. The summed E-state index contributed by atoms with van der Waals surface area (Å²) >= 11 is 3.55. The minimum atomic E-state index is 0.367. The maximum absolute atomic E-state index is 4.26. The van der Waals surface area contributed by atoms with Gasteiger partial charge in [0.15, 0.2) is 0 Å². The van der Waals surface area contributed by atoms with E-state index in [1.807, 2.05) is 17.9 Å². The standard InChI is InChI=1S/C11H20BrN3/c1-5-6-13-10(8(2)3)11-9(12)7-14-15(11)4/h7-8,10,13H,5-6H2,1-4H3. The molecule has 86 valence electrons. The van der Waals surface area contributed by atoms with E-state index in [0.29, 0.717) is 12.0 Å². The van der Waals surface area contributed by atoms with E-state index >= 15 is 0 Å². The van der Waals surface area contributed by atoms with Crippen molar-refractivity contribution in [3.8, 4) is 0 Å². The van der Waals surface area contributed by atoms with Crippen LogP contribution < -0.4 is 5.32 Å². The Bertz CT molecular complexity index is 287. The molecule has 0 fully saturated rings. The molecule has 0 aromatic carbocycles. The van der Waals surface area contributed by atoms with Gasteiger partial charge in [0.2, 0.25) is 0 Å². The Hall–Kier alpha value is -0.350. The first-order valence-corrected chi connectivity index (χ1v) is 6.28. The van der Waals surface area contributed by atoms with Gasteiger partial charge in [-0.1, -0.05) is 20.8 Å². The van der Waals surface area contributed by atoms with Crippen molar-refractivity contribution in [2.24, 2.45) is 13.0 Å². The fourth-order valence-electron chi connectivity index (χ4n) is 1.72. The SMILES string of the molecule is CCCNC(c1c(Br)cnn1C)C(C)C. The number of nitrogens with one attached hydrogen (secondary N) is 1. The Morgan fingerprint density at radius 1 is 1.53 bits per heavy atom. The van der Waals surface area contributed by atoms with Crippen molar-refractivity contribution in [3.05, 3.63) is 16.4 Å². The summed E-state index contributed by atoms with van der Waals surface area (Å²) in [4.78, 5) is 0. The first kappa shape index (κ1) is 12.7. The molecule has 0 aliphatic rings. The quantitative estimate of drug-likeness (QED) is 0.894. The van der Waals surface area contributed by atoms with E-state index in [4.69, 9.17) is 0 Å². The van der Waals surface area contributed by atoms with Crippen LogP contribution in [0.3, 0.4) is 0 Å². The molecule has 3 nitrogen and oxygen atoms in total. The Morgan fingerprint density at radius 3 is 2.60 bits per heavy atom. The molecule has 0 bridgehead atoms. The summed E-state index contributed by atoms with van der Waals surface area (Å²) in [5, 5.41) is 7.82. The first-order chi connectivity index (χ1) is 7.07. The summed E-state index contributed by atoms with van der Waals surface area (Å²) in [6.45, 7) is 7.68. The smallest absolute Gasteiger partial charge is 0.0694 e. The van der Waals surface area contributed by atoms with Crippen LogP contribution >= 0.6 is 15.9 Å². The summed E-state index contributed by atoms with van der Waals surface area (Å²) in [7, 11) is 1.99. The van der Waals surface area contributed by atoms with Crippen LogP contribution in [0.1, 0.15) is 38.9 Å². The van der Waals surface area contributed by atoms with Crippen molar-refractivity contribution in [1.82, 2.24) is 15.1 Å². The zero-order chi connectivity index (χ0) is 11.4. The van der Waals surface area contributed by atoms with Crippen LogP contribution in [-0.4, -0.2) is 16.3 Å². The van der Waals surface area contributed by atoms with Crippen LogP contribution in [0, 0.1) is 5.92 Å². The lowest BCUT2D eigenvalue weighted by Crippen LogP contribution is -2.28. The molecule has 1 unspecified atom stereocenters. The monoisotopic (exact) mass is 273 g/mol. The molecule has 1 N–H and O–H groups in total. The third kappa shape index (κ3) is 3.05. The van der Waals surface area contributed by atoms with Crippen LogP contribution in [-0.2, 0) is 7.05 Å². The van der Waals surface area contributed by atoms with E-state index in [1.54, 1.807) is 0 Å². The zero-order valence-corrected chi connectivity index (χ0v) is 11.5. The predicted molar refractivity (Wildman–Crippen MR) is 66.8 cm³/mol. The van der Waals surface area contributed by atoms with Gasteiger partial charge >= 0.3 is 0 Å². The van der Waals surface area contributed by atoms with Gasteiger partial charge in [0.25, 0.3) is 0 Å². The van der Waals surface area contributed by atoms with Gasteiger partial charge in [-0.05, 0) is 34.8 Å². The van der Waals surface area contributed by atoms with Gasteiger partial charge in [0, 0.05) is 7.05 Å². The van der Waals surface area contributed by atoms with Crippen molar-refractivity contribution < 1.29 is 0 Å². The van der Waals surface area contributed by atoms with E-state index in [-0.39, 0.29) is 0 Å². The first-order valence-electron chi connectivity index (χ1n) is 5.48. The number of rotatable bonds is 5. The molecule has 1 rings (SSSR count).